The molecule has 0 aromatic heterocycles. The zero-order valence-corrected chi connectivity index (χ0v) is 17.1. The molecule has 3 aliphatic heterocycles. The molecular weight excluding hydrogens is 449 g/mol. The molecule has 0 aliphatic carbocycles. The molecule has 166 valence electrons. The predicted octanol–water partition coefficient (Wildman–Crippen LogP) is 2.20. The Labute approximate surface area is 180 Å². The largest absolute Gasteiger partial charge is 0.404 e. The molecular formula is C20H15F3N4O4S. The number of sulfonamides is 1. The number of benzene rings is 2. The average Bonchev–Trinajstić information content (AvgIpc) is 3.38. The van der Waals surface area contributed by atoms with Crippen molar-refractivity contribution in [3.63, 3.8) is 0 Å². The maximum absolute atomic E-state index is 13.3. The first kappa shape index (κ1) is 20.7. The number of carbonyl (C=O) groups is 2. The van der Waals surface area contributed by atoms with E-state index < -0.39 is 52.0 Å². The molecule has 2 aromatic carbocycles. The van der Waals surface area contributed by atoms with Crippen LogP contribution in [-0.4, -0.2) is 66.2 Å². The molecule has 0 saturated carbocycles. The lowest BCUT2D eigenvalue weighted by Gasteiger charge is -2.34. The molecule has 0 spiro atoms. The van der Waals surface area contributed by atoms with Gasteiger partial charge in [-0.05, 0) is 18.6 Å². The number of nitriles is 1. The molecule has 8 nitrogen and oxygen atoms in total. The standard InChI is InChI=1S/C20H15F3N4O4S/c21-20(22,23)10-32(30,31)25-9-12-7-16(25)17-18(28)27(19(29)26(12)17)15-6-5-11(8-24)13-3-1-2-4-14(13)15/h1-6,12,16-17H,7,9-10H2. The molecule has 3 heterocycles. The average molecular weight is 464 g/mol. The molecule has 3 saturated heterocycles. The Morgan fingerprint density at radius 3 is 2.44 bits per heavy atom. The molecule has 5 rings (SSSR count). The van der Waals surface area contributed by atoms with Gasteiger partial charge in [0.25, 0.3) is 5.91 Å². The summed E-state index contributed by atoms with van der Waals surface area (Å²) in [4.78, 5) is 28.7. The van der Waals surface area contributed by atoms with Crippen LogP contribution in [0, 0.1) is 11.3 Å². The number of nitrogens with zero attached hydrogens (tertiary/aromatic N) is 4. The normalized spacial score (nSPS) is 25.6. The van der Waals surface area contributed by atoms with E-state index in [4.69, 9.17) is 0 Å². The van der Waals surface area contributed by atoms with E-state index >= 15 is 0 Å². The van der Waals surface area contributed by atoms with E-state index in [0.717, 1.165) is 9.21 Å². The van der Waals surface area contributed by atoms with Crippen molar-refractivity contribution >= 4 is 38.4 Å². The van der Waals surface area contributed by atoms with Gasteiger partial charge in [0.15, 0.2) is 5.75 Å². The van der Waals surface area contributed by atoms with Crippen LogP contribution in [0.2, 0.25) is 0 Å². The summed E-state index contributed by atoms with van der Waals surface area (Å²) in [6.07, 6.45) is -4.80. The van der Waals surface area contributed by atoms with Crippen LogP contribution in [-0.2, 0) is 14.8 Å². The highest BCUT2D eigenvalue weighted by Crippen LogP contribution is 2.45. The van der Waals surface area contributed by atoms with Crippen molar-refractivity contribution in [1.82, 2.24) is 9.21 Å². The summed E-state index contributed by atoms with van der Waals surface area (Å²) in [5.74, 6) is -2.70. The predicted molar refractivity (Wildman–Crippen MR) is 106 cm³/mol. The molecule has 0 radical (unpaired) electrons. The minimum Gasteiger partial charge on any atom is -0.306 e. The third-order valence-corrected chi connectivity index (χ3v) is 8.01. The summed E-state index contributed by atoms with van der Waals surface area (Å²) in [6.45, 7) is -0.277. The van der Waals surface area contributed by atoms with Crippen molar-refractivity contribution in [2.75, 3.05) is 17.2 Å². The van der Waals surface area contributed by atoms with Gasteiger partial charge in [0.2, 0.25) is 10.0 Å². The number of hydrogen-bond acceptors (Lipinski definition) is 5. The Morgan fingerprint density at radius 2 is 1.78 bits per heavy atom. The third-order valence-electron chi connectivity index (χ3n) is 6.18. The van der Waals surface area contributed by atoms with Gasteiger partial charge in [-0.15, -0.1) is 0 Å². The van der Waals surface area contributed by atoms with Crippen LogP contribution in [0.15, 0.2) is 36.4 Å². The molecule has 32 heavy (non-hydrogen) atoms. The van der Waals surface area contributed by atoms with Gasteiger partial charge in [0.05, 0.1) is 23.4 Å². The second-order valence-corrected chi connectivity index (χ2v) is 9.92. The van der Waals surface area contributed by atoms with E-state index in [0.29, 0.717) is 16.3 Å². The molecule has 3 amide bonds. The molecule has 12 heteroatoms. The Balaban J connectivity index is 1.53. The number of carbonyl (C=O) groups excluding carboxylic acids is 2. The summed E-state index contributed by atoms with van der Waals surface area (Å²) in [5.41, 5.74) is 0.599. The maximum Gasteiger partial charge on any atom is 0.404 e. The van der Waals surface area contributed by atoms with Gasteiger partial charge in [-0.2, -0.15) is 22.7 Å². The maximum atomic E-state index is 13.3. The monoisotopic (exact) mass is 464 g/mol. The number of halogens is 3. The molecule has 0 N–H and O–H groups in total. The summed E-state index contributed by atoms with van der Waals surface area (Å²) >= 11 is 0. The molecule has 2 aromatic rings. The lowest BCUT2D eigenvalue weighted by atomic mass is 10.0. The number of rotatable bonds is 3. The van der Waals surface area contributed by atoms with Crippen molar-refractivity contribution < 1.29 is 31.2 Å². The van der Waals surface area contributed by atoms with Crippen LogP contribution in [0.4, 0.5) is 23.7 Å². The molecule has 3 fully saturated rings. The Kier molecular flexibility index (Phi) is 4.31. The summed E-state index contributed by atoms with van der Waals surface area (Å²) in [7, 11) is -4.69. The molecule has 2 bridgehead atoms. The number of amides is 3. The van der Waals surface area contributed by atoms with Gasteiger partial charge in [-0.1, -0.05) is 24.3 Å². The number of hydrogen-bond donors (Lipinski definition) is 0. The molecule has 3 atom stereocenters. The molecule has 3 aliphatic rings. The van der Waals surface area contributed by atoms with E-state index in [2.05, 4.69) is 6.07 Å². The van der Waals surface area contributed by atoms with Crippen LogP contribution in [0.5, 0.6) is 0 Å². The van der Waals surface area contributed by atoms with E-state index in [9.17, 15) is 36.4 Å². The van der Waals surface area contributed by atoms with Crippen molar-refractivity contribution in [1.29, 1.82) is 5.26 Å². The number of urea groups is 1. The first-order valence-electron chi connectivity index (χ1n) is 9.68. The first-order valence-corrected chi connectivity index (χ1v) is 11.3. The van der Waals surface area contributed by atoms with E-state index in [1.165, 1.54) is 17.0 Å². The number of fused-ring (bicyclic) bond motifs is 6. The number of imide groups is 1. The molecule has 3 unspecified atom stereocenters. The van der Waals surface area contributed by atoms with Crippen LogP contribution in [0.25, 0.3) is 10.8 Å². The summed E-state index contributed by atoms with van der Waals surface area (Å²) < 4.78 is 63.8. The van der Waals surface area contributed by atoms with Gasteiger partial charge in [0.1, 0.15) is 6.04 Å². The van der Waals surface area contributed by atoms with Gasteiger partial charge in [-0.25, -0.2) is 18.1 Å². The van der Waals surface area contributed by atoms with Crippen molar-refractivity contribution in [2.24, 2.45) is 0 Å². The van der Waals surface area contributed by atoms with Crippen LogP contribution in [0.1, 0.15) is 12.0 Å². The Morgan fingerprint density at radius 1 is 1.09 bits per heavy atom. The van der Waals surface area contributed by atoms with E-state index in [1.807, 2.05) is 0 Å². The summed E-state index contributed by atoms with van der Waals surface area (Å²) in [5, 5.41) is 10.4. The van der Waals surface area contributed by atoms with Crippen LogP contribution >= 0.6 is 0 Å². The van der Waals surface area contributed by atoms with Crippen molar-refractivity contribution in [2.45, 2.75) is 30.7 Å². The van der Waals surface area contributed by atoms with Crippen molar-refractivity contribution in [3.05, 3.63) is 42.0 Å². The second kappa shape index (κ2) is 6.66. The lowest BCUT2D eigenvalue weighted by Crippen LogP contribution is -2.55. The number of anilines is 1. The van der Waals surface area contributed by atoms with E-state index in [-0.39, 0.29) is 18.7 Å². The number of piperazine rings is 1. The SMILES string of the molecule is N#Cc1ccc(N2C(=O)C3C4CC(CN4S(=O)(=O)CC(F)(F)F)N3C2=O)c2ccccc12. The first-order chi connectivity index (χ1) is 15.0. The third kappa shape index (κ3) is 2.88. The van der Waals surface area contributed by atoms with Crippen molar-refractivity contribution in [3.8, 4) is 6.07 Å². The Hall–Kier alpha value is -3.17. The topological polar surface area (TPSA) is 102 Å². The van der Waals surface area contributed by atoms with Gasteiger partial charge in [0, 0.05) is 23.4 Å². The Bertz CT molecular complexity index is 1320. The lowest BCUT2D eigenvalue weighted by molar-refractivity contribution is -0.120. The minimum atomic E-state index is -4.91. The van der Waals surface area contributed by atoms with Gasteiger partial charge < -0.3 is 4.90 Å². The highest BCUT2D eigenvalue weighted by molar-refractivity contribution is 7.89. The highest BCUT2D eigenvalue weighted by Gasteiger charge is 2.64. The van der Waals surface area contributed by atoms with Crippen LogP contribution < -0.4 is 4.90 Å². The van der Waals surface area contributed by atoms with Gasteiger partial charge >= 0.3 is 12.2 Å². The zero-order chi connectivity index (χ0) is 23.0. The fourth-order valence-electron chi connectivity index (χ4n) is 5.02. The second-order valence-electron chi connectivity index (χ2n) is 8.00. The van der Waals surface area contributed by atoms with Crippen LogP contribution in [0.3, 0.4) is 0 Å². The zero-order valence-electron chi connectivity index (χ0n) is 16.3. The quantitative estimate of drug-likeness (QED) is 0.649. The summed E-state index contributed by atoms with van der Waals surface area (Å²) in [6, 6.07) is 8.19. The minimum absolute atomic E-state index is 0.112. The number of alkyl halides is 3. The fraction of sp³-hybridized carbons (Fsp3) is 0.350. The fourth-order valence-corrected chi connectivity index (χ4v) is 6.61. The van der Waals surface area contributed by atoms with E-state index in [1.54, 1.807) is 24.3 Å². The smallest absolute Gasteiger partial charge is 0.306 e. The highest BCUT2D eigenvalue weighted by atomic mass is 32.2. The van der Waals surface area contributed by atoms with Gasteiger partial charge in [-0.3, -0.25) is 4.79 Å².